The van der Waals surface area contributed by atoms with Gasteiger partial charge in [0.2, 0.25) is 5.91 Å². The largest absolute Gasteiger partial charge is 0.479 e. The highest BCUT2D eigenvalue weighted by Crippen LogP contribution is 2.44. The second kappa shape index (κ2) is 10.7. The number of carboxylic acid groups (broad SMARTS) is 1. The Morgan fingerprint density at radius 2 is 1.59 bits per heavy atom. The highest BCUT2D eigenvalue weighted by Gasteiger charge is 2.41. The van der Waals surface area contributed by atoms with Crippen LogP contribution in [0.4, 0.5) is 4.79 Å². The maximum absolute atomic E-state index is 13.0. The van der Waals surface area contributed by atoms with Gasteiger partial charge in [0.25, 0.3) is 0 Å². The van der Waals surface area contributed by atoms with Crippen molar-refractivity contribution >= 4 is 18.0 Å². The summed E-state index contributed by atoms with van der Waals surface area (Å²) in [5.74, 6) is -2.21. The lowest BCUT2D eigenvalue weighted by molar-refractivity contribution is -0.151. The molecule has 8 heteroatoms. The second-order valence-electron chi connectivity index (χ2n) is 8.85. The first-order chi connectivity index (χ1) is 16.2. The van der Waals surface area contributed by atoms with Crippen molar-refractivity contribution in [1.29, 1.82) is 0 Å². The molecule has 3 N–H and O–H groups in total. The first-order valence-corrected chi connectivity index (χ1v) is 11.4. The van der Waals surface area contributed by atoms with E-state index in [1.54, 1.807) is 20.8 Å². The summed E-state index contributed by atoms with van der Waals surface area (Å²) in [7, 11) is 1.37. The monoisotopic (exact) mass is 468 g/mol. The van der Waals surface area contributed by atoms with Gasteiger partial charge in [0.1, 0.15) is 12.6 Å². The molecule has 34 heavy (non-hydrogen) atoms. The number of carbonyl (C=O) groups is 3. The van der Waals surface area contributed by atoms with Crippen molar-refractivity contribution in [3.63, 3.8) is 0 Å². The molecule has 0 bridgehead atoms. The summed E-state index contributed by atoms with van der Waals surface area (Å²) in [6, 6.07) is 15.1. The topological polar surface area (TPSA) is 114 Å². The number of amides is 2. The van der Waals surface area contributed by atoms with Gasteiger partial charge < -0.3 is 25.2 Å². The van der Waals surface area contributed by atoms with Crippen LogP contribution in [-0.2, 0) is 19.1 Å². The van der Waals surface area contributed by atoms with Crippen molar-refractivity contribution in [2.45, 2.75) is 44.7 Å². The zero-order valence-electron chi connectivity index (χ0n) is 20.0. The van der Waals surface area contributed by atoms with Gasteiger partial charge in [-0.1, -0.05) is 69.3 Å². The highest BCUT2D eigenvalue weighted by molar-refractivity contribution is 5.91. The molecule has 1 unspecified atom stereocenters. The average Bonchev–Trinajstić information content (AvgIpc) is 3.14. The van der Waals surface area contributed by atoms with Crippen LogP contribution in [0, 0.1) is 5.92 Å². The van der Waals surface area contributed by atoms with E-state index in [1.807, 2.05) is 36.4 Å². The van der Waals surface area contributed by atoms with Crippen molar-refractivity contribution < 1.29 is 29.0 Å². The number of aliphatic carboxylic acids is 1. The molecule has 0 aliphatic heterocycles. The minimum atomic E-state index is -1.58. The zero-order chi connectivity index (χ0) is 24.9. The lowest BCUT2D eigenvalue weighted by Crippen LogP contribution is -2.62. The average molecular weight is 469 g/mol. The van der Waals surface area contributed by atoms with Gasteiger partial charge in [0.15, 0.2) is 5.54 Å². The molecule has 2 aromatic carbocycles. The number of carbonyl (C=O) groups excluding carboxylic acids is 2. The van der Waals surface area contributed by atoms with Crippen molar-refractivity contribution in [2.75, 3.05) is 20.3 Å². The maximum Gasteiger partial charge on any atom is 0.407 e. The van der Waals surface area contributed by atoms with Crippen LogP contribution in [0.5, 0.6) is 0 Å². The van der Waals surface area contributed by atoms with Crippen molar-refractivity contribution in [2.24, 2.45) is 5.92 Å². The summed E-state index contributed by atoms with van der Waals surface area (Å²) in [6.45, 7) is 5.10. The third-order valence-corrected chi connectivity index (χ3v) is 6.33. The van der Waals surface area contributed by atoms with E-state index in [1.165, 1.54) is 7.11 Å². The number of carboxylic acids is 1. The van der Waals surface area contributed by atoms with E-state index in [4.69, 9.17) is 9.47 Å². The molecular weight excluding hydrogens is 436 g/mol. The maximum atomic E-state index is 13.0. The van der Waals surface area contributed by atoms with E-state index < -0.39 is 29.6 Å². The van der Waals surface area contributed by atoms with Crippen LogP contribution in [0.25, 0.3) is 11.1 Å². The first-order valence-electron chi connectivity index (χ1n) is 11.4. The molecule has 182 valence electrons. The van der Waals surface area contributed by atoms with E-state index in [0.29, 0.717) is 0 Å². The van der Waals surface area contributed by atoms with E-state index >= 15 is 0 Å². The predicted octanol–water partition coefficient (Wildman–Crippen LogP) is 3.55. The Bertz CT molecular complexity index is 1010. The van der Waals surface area contributed by atoms with Gasteiger partial charge >= 0.3 is 12.1 Å². The van der Waals surface area contributed by atoms with Gasteiger partial charge in [-0.2, -0.15) is 0 Å². The molecule has 2 amide bonds. The summed E-state index contributed by atoms with van der Waals surface area (Å²) < 4.78 is 10.6. The summed E-state index contributed by atoms with van der Waals surface area (Å²) in [5.41, 5.74) is 2.83. The fourth-order valence-electron chi connectivity index (χ4n) is 4.35. The lowest BCUT2D eigenvalue weighted by Gasteiger charge is -2.31. The quantitative estimate of drug-likeness (QED) is 0.491. The van der Waals surface area contributed by atoms with E-state index in [0.717, 1.165) is 22.3 Å². The minimum absolute atomic E-state index is 0.106. The van der Waals surface area contributed by atoms with Crippen molar-refractivity contribution in [3.8, 4) is 11.1 Å². The number of benzene rings is 2. The number of methoxy groups -OCH3 is 1. The fourth-order valence-corrected chi connectivity index (χ4v) is 4.35. The molecule has 1 aliphatic carbocycles. The van der Waals surface area contributed by atoms with Crippen LogP contribution >= 0.6 is 0 Å². The Balaban J connectivity index is 1.69. The molecule has 3 rings (SSSR count). The molecule has 0 saturated carbocycles. The molecule has 0 spiro atoms. The number of ether oxygens (including phenoxy) is 2. The number of hydrogen-bond acceptors (Lipinski definition) is 5. The number of hydrogen-bond donors (Lipinski definition) is 3. The second-order valence-corrected chi connectivity index (χ2v) is 8.85. The van der Waals surface area contributed by atoms with Gasteiger partial charge in [-0.05, 0) is 34.6 Å². The third-order valence-electron chi connectivity index (χ3n) is 6.33. The predicted molar refractivity (Wildman–Crippen MR) is 128 cm³/mol. The van der Waals surface area contributed by atoms with Crippen molar-refractivity contribution in [1.82, 2.24) is 10.6 Å². The smallest absolute Gasteiger partial charge is 0.407 e. The molecule has 2 aromatic rings. The SMILES string of the molecule is CCC(COC)(NC(=O)[C@H](NC(=O)OCC1c2ccccc2-c2ccccc21)C(C)C)C(=O)O. The zero-order valence-corrected chi connectivity index (χ0v) is 20.0. The van der Waals surface area contributed by atoms with E-state index in [-0.39, 0.29) is 31.5 Å². The molecule has 0 aromatic heterocycles. The minimum Gasteiger partial charge on any atom is -0.479 e. The van der Waals surface area contributed by atoms with Crippen LogP contribution in [-0.4, -0.2) is 55.0 Å². The molecule has 2 atom stereocenters. The van der Waals surface area contributed by atoms with E-state index in [9.17, 15) is 19.5 Å². The first kappa shape index (κ1) is 25.2. The van der Waals surface area contributed by atoms with Gasteiger partial charge in [-0.15, -0.1) is 0 Å². The Hall–Kier alpha value is -3.39. The van der Waals surface area contributed by atoms with Crippen LogP contribution in [0.1, 0.15) is 44.2 Å². The van der Waals surface area contributed by atoms with Crippen LogP contribution in [0.2, 0.25) is 0 Å². The Kier molecular flexibility index (Phi) is 7.94. The van der Waals surface area contributed by atoms with Crippen LogP contribution in [0.15, 0.2) is 48.5 Å². The van der Waals surface area contributed by atoms with Crippen LogP contribution < -0.4 is 10.6 Å². The summed E-state index contributed by atoms with van der Waals surface area (Å²) >= 11 is 0. The van der Waals surface area contributed by atoms with Gasteiger partial charge in [0, 0.05) is 13.0 Å². The molecule has 8 nitrogen and oxygen atoms in total. The number of alkyl carbamates (subject to hydrolysis) is 1. The summed E-state index contributed by atoms with van der Waals surface area (Å²) in [4.78, 5) is 37.5. The lowest BCUT2D eigenvalue weighted by atomic mass is 9.95. The molecule has 1 aliphatic rings. The number of nitrogens with one attached hydrogen (secondary N) is 2. The molecule has 0 saturated heterocycles. The molecule has 0 heterocycles. The fraction of sp³-hybridized carbons (Fsp3) is 0.423. The van der Waals surface area contributed by atoms with Gasteiger partial charge in [-0.3, -0.25) is 4.79 Å². The van der Waals surface area contributed by atoms with Gasteiger partial charge in [0.05, 0.1) is 6.61 Å². The summed E-state index contributed by atoms with van der Waals surface area (Å²) in [5, 5.41) is 14.8. The Labute approximate surface area is 199 Å². The Morgan fingerprint density at radius 3 is 2.06 bits per heavy atom. The summed E-state index contributed by atoms with van der Waals surface area (Å²) in [6.07, 6.45) is -0.614. The normalized spacial score (nSPS) is 15.1. The standard InChI is InChI=1S/C26H32N2O6/c1-5-26(15-33-4,24(30)31)28-23(29)22(16(2)3)27-25(32)34-14-21-19-12-8-6-10-17(19)18-11-7-9-13-20(18)21/h6-13,16,21-22H,5,14-15H2,1-4H3,(H,27,32)(H,28,29)(H,30,31)/t22-,26?/m1/s1. The molecule has 0 radical (unpaired) electrons. The highest BCUT2D eigenvalue weighted by atomic mass is 16.5. The molecule has 0 fully saturated rings. The number of rotatable bonds is 10. The molecular formula is C26H32N2O6. The van der Waals surface area contributed by atoms with Crippen molar-refractivity contribution in [3.05, 3.63) is 59.7 Å². The third kappa shape index (κ3) is 5.07. The van der Waals surface area contributed by atoms with E-state index in [2.05, 4.69) is 22.8 Å². The Morgan fingerprint density at radius 1 is 1.03 bits per heavy atom. The van der Waals surface area contributed by atoms with Gasteiger partial charge in [-0.25, -0.2) is 9.59 Å². The van der Waals surface area contributed by atoms with Crippen LogP contribution in [0.3, 0.4) is 0 Å². The number of fused-ring (bicyclic) bond motifs is 3.